The van der Waals surface area contributed by atoms with Crippen LogP contribution in [0.5, 0.6) is 0 Å². The Hall–Kier alpha value is -3.52. The zero-order valence-corrected chi connectivity index (χ0v) is 16.4. The second-order valence-corrected chi connectivity index (χ2v) is 6.54. The Morgan fingerprint density at radius 3 is 2.63 bits per heavy atom. The fraction of sp³-hybridized carbons (Fsp3) is 0.227. The van der Waals surface area contributed by atoms with Crippen LogP contribution in [0.3, 0.4) is 0 Å². The number of rotatable bonds is 7. The second kappa shape index (κ2) is 8.46. The molecule has 0 fully saturated rings. The topological polar surface area (TPSA) is 87.6 Å². The summed E-state index contributed by atoms with van der Waals surface area (Å²) >= 11 is 0. The Morgan fingerprint density at radius 1 is 1.10 bits per heavy atom. The van der Waals surface area contributed by atoms with Crippen molar-refractivity contribution >= 4 is 16.9 Å². The summed E-state index contributed by atoms with van der Waals surface area (Å²) in [5.41, 5.74) is 1.76. The van der Waals surface area contributed by atoms with Crippen LogP contribution in [-0.4, -0.2) is 22.8 Å². The third kappa shape index (κ3) is 3.95. The second-order valence-electron chi connectivity index (χ2n) is 6.54. The molecule has 0 aliphatic carbocycles. The van der Waals surface area contributed by atoms with Crippen LogP contribution in [-0.2, 0) is 16.1 Å². The summed E-state index contributed by atoms with van der Waals surface area (Å²) in [4.78, 5) is 12.8. The van der Waals surface area contributed by atoms with E-state index in [0.717, 1.165) is 5.39 Å². The standard InChI is InChI=1S/C22H19FN2O5/c1-3-27-12-17-16-6-4-5-7-18(16)29-19(17)22(26)28-13(2)20-24-25-21(30-20)14-8-10-15(23)11-9-14/h4-11,13H,3,12H2,1-2H3/t13-/m1/s1. The summed E-state index contributed by atoms with van der Waals surface area (Å²) in [5, 5.41) is 8.66. The summed E-state index contributed by atoms with van der Waals surface area (Å²) in [7, 11) is 0. The van der Waals surface area contributed by atoms with E-state index in [2.05, 4.69) is 10.2 Å². The van der Waals surface area contributed by atoms with Gasteiger partial charge in [0.05, 0.1) is 6.61 Å². The summed E-state index contributed by atoms with van der Waals surface area (Å²) in [6, 6.07) is 13.0. The Kier molecular flexibility index (Phi) is 5.58. The molecular weight excluding hydrogens is 391 g/mol. The summed E-state index contributed by atoms with van der Waals surface area (Å²) in [6.07, 6.45) is -0.813. The van der Waals surface area contributed by atoms with E-state index in [-0.39, 0.29) is 30.0 Å². The number of fused-ring (bicyclic) bond motifs is 1. The van der Waals surface area contributed by atoms with Crippen molar-refractivity contribution in [2.75, 3.05) is 6.61 Å². The predicted molar refractivity (Wildman–Crippen MR) is 105 cm³/mol. The Morgan fingerprint density at radius 2 is 1.87 bits per heavy atom. The van der Waals surface area contributed by atoms with Crippen molar-refractivity contribution in [1.82, 2.24) is 10.2 Å². The van der Waals surface area contributed by atoms with Gasteiger partial charge in [0.2, 0.25) is 11.7 Å². The summed E-state index contributed by atoms with van der Waals surface area (Å²) < 4.78 is 35.4. The van der Waals surface area contributed by atoms with Gasteiger partial charge >= 0.3 is 5.97 Å². The fourth-order valence-electron chi connectivity index (χ4n) is 2.98. The van der Waals surface area contributed by atoms with Gasteiger partial charge in [-0.1, -0.05) is 18.2 Å². The maximum absolute atomic E-state index is 13.1. The number of hydrogen-bond acceptors (Lipinski definition) is 7. The lowest BCUT2D eigenvalue weighted by Crippen LogP contribution is -2.11. The molecule has 0 aliphatic heterocycles. The molecule has 0 spiro atoms. The smallest absolute Gasteiger partial charge is 0.375 e. The molecule has 154 valence electrons. The third-order valence-electron chi connectivity index (χ3n) is 4.50. The lowest BCUT2D eigenvalue weighted by Gasteiger charge is -2.09. The molecule has 2 heterocycles. The zero-order valence-electron chi connectivity index (χ0n) is 16.4. The van der Waals surface area contributed by atoms with Gasteiger partial charge in [-0.2, -0.15) is 0 Å². The highest BCUT2D eigenvalue weighted by Gasteiger charge is 2.26. The summed E-state index contributed by atoms with van der Waals surface area (Å²) in [6.45, 7) is 4.21. The number of aromatic nitrogens is 2. The van der Waals surface area contributed by atoms with Crippen molar-refractivity contribution in [2.24, 2.45) is 0 Å². The number of esters is 1. The quantitative estimate of drug-likeness (QED) is 0.393. The van der Waals surface area contributed by atoms with Crippen LogP contribution in [0.4, 0.5) is 4.39 Å². The van der Waals surface area contributed by atoms with Crippen LogP contribution in [0.2, 0.25) is 0 Å². The van der Waals surface area contributed by atoms with Gasteiger partial charge in [-0.3, -0.25) is 0 Å². The SMILES string of the molecule is CCOCc1c(C(=O)O[C@H](C)c2nnc(-c3ccc(F)cc3)o2)oc2ccccc12. The van der Waals surface area contributed by atoms with Gasteiger partial charge in [0.25, 0.3) is 5.89 Å². The number of furan rings is 1. The number of nitrogens with zero attached hydrogens (tertiary/aromatic N) is 2. The molecule has 2 aromatic heterocycles. The highest BCUT2D eigenvalue weighted by molar-refractivity contribution is 5.96. The van der Waals surface area contributed by atoms with Crippen molar-refractivity contribution in [3.05, 3.63) is 71.6 Å². The van der Waals surface area contributed by atoms with Crippen LogP contribution in [0.1, 0.15) is 42.0 Å². The first-order valence-corrected chi connectivity index (χ1v) is 9.45. The molecule has 1 atom stereocenters. The minimum absolute atomic E-state index is 0.0785. The van der Waals surface area contributed by atoms with Crippen molar-refractivity contribution in [3.8, 4) is 11.5 Å². The number of halogens is 1. The normalized spacial score (nSPS) is 12.2. The molecule has 4 aromatic rings. The highest BCUT2D eigenvalue weighted by atomic mass is 19.1. The number of benzene rings is 2. The van der Waals surface area contributed by atoms with Gasteiger partial charge in [0.1, 0.15) is 11.4 Å². The van der Waals surface area contributed by atoms with E-state index in [1.165, 1.54) is 24.3 Å². The molecule has 0 amide bonds. The lowest BCUT2D eigenvalue weighted by atomic mass is 10.1. The minimum Gasteiger partial charge on any atom is -0.449 e. The Bertz CT molecular complexity index is 1170. The first-order chi connectivity index (χ1) is 14.6. The molecule has 0 bridgehead atoms. The molecule has 0 saturated heterocycles. The van der Waals surface area contributed by atoms with Gasteiger partial charge in [-0.05, 0) is 44.2 Å². The van der Waals surface area contributed by atoms with Gasteiger partial charge < -0.3 is 18.3 Å². The van der Waals surface area contributed by atoms with E-state index >= 15 is 0 Å². The first kappa shape index (κ1) is 19.8. The van der Waals surface area contributed by atoms with Crippen LogP contribution in [0.25, 0.3) is 22.4 Å². The molecular formula is C22H19FN2O5. The molecule has 4 rings (SSSR count). The molecule has 0 aliphatic rings. The van der Waals surface area contributed by atoms with Crippen LogP contribution in [0, 0.1) is 5.82 Å². The largest absolute Gasteiger partial charge is 0.449 e. The highest BCUT2D eigenvalue weighted by Crippen LogP contribution is 2.29. The molecule has 8 heteroatoms. The number of ether oxygens (including phenoxy) is 2. The van der Waals surface area contributed by atoms with Gasteiger partial charge in [-0.25, -0.2) is 9.18 Å². The van der Waals surface area contributed by atoms with Crippen molar-refractivity contribution in [2.45, 2.75) is 26.6 Å². The van der Waals surface area contributed by atoms with E-state index in [0.29, 0.717) is 23.3 Å². The maximum Gasteiger partial charge on any atom is 0.375 e. The van der Waals surface area contributed by atoms with E-state index in [4.69, 9.17) is 18.3 Å². The van der Waals surface area contributed by atoms with E-state index < -0.39 is 12.1 Å². The van der Waals surface area contributed by atoms with Gasteiger partial charge in [0, 0.05) is 23.1 Å². The molecule has 0 radical (unpaired) electrons. The van der Waals surface area contributed by atoms with E-state index in [1.54, 1.807) is 13.0 Å². The molecule has 30 heavy (non-hydrogen) atoms. The van der Waals surface area contributed by atoms with Crippen molar-refractivity contribution in [1.29, 1.82) is 0 Å². The monoisotopic (exact) mass is 410 g/mol. The van der Waals surface area contributed by atoms with Crippen molar-refractivity contribution < 1.29 is 27.5 Å². The number of carbonyl (C=O) groups is 1. The number of hydrogen-bond donors (Lipinski definition) is 0. The Balaban J connectivity index is 1.55. The van der Waals surface area contributed by atoms with Crippen molar-refractivity contribution in [3.63, 3.8) is 0 Å². The molecule has 0 N–H and O–H groups in total. The fourth-order valence-corrected chi connectivity index (χ4v) is 2.98. The maximum atomic E-state index is 13.1. The molecule has 0 saturated carbocycles. The lowest BCUT2D eigenvalue weighted by molar-refractivity contribution is 0.0240. The van der Waals surface area contributed by atoms with Gasteiger partial charge in [-0.15, -0.1) is 10.2 Å². The zero-order chi connectivity index (χ0) is 21.1. The predicted octanol–water partition coefficient (Wildman–Crippen LogP) is 5.08. The van der Waals surface area contributed by atoms with E-state index in [9.17, 15) is 9.18 Å². The Labute approximate surface area is 171 Å². The third-order valence-corrected chi connectivity index (χ3v) is 4.50. The van der Waals surface area contributed by atoms with Crippen LogP contribution >= 0.6 is 0 Å². The van der Waals surface area contributed by atoms with Crippen LogP contribution in [0.15, 0.2) is 57.4 Å². The van der Waals surface area contributed by atoms with Gasteiger partial charge in [0.15, 0.2) is 6.10 Å². The first-order valence-electron chi connectivity index (χ1n) is 9.45. The van der Waals surface area contributed by atoms with Crippen LogP contribution < -0.4 is 0 Å². The number of carbonyl (C=O) groups excluding carboxylic acids is 1. The van der Waals surface area contributed by atoms with E-state index in [1.807, 2.05) is 25.1 Å². The molecule has 0 unspecified atom stereocenters. The molecule has 7 nitrogen and oxygen atoms in total. The summed E-state index contributed by atoms with van der Waals surface area (Å²) in [5.74, 6) is -0.627. The minimum atomic E-state index is -0.813. The average Bonchev–Trinajstić information content (AvgIpc) is 3.38. The average molecular weight is 410 g/mol. The number of para-hydroxylation sites is 1. The molecule has 2 aromatic carbocycles.